The van der Waals surface area contributed by atoms with E-state index in [9.17, 15) is 9.59 Å². The summed E-state index contributed by atoms with van der Waals surface area (Å²) in [5.74, 6) is -2.13. The van der Waals surface area contributed by atoms with E-state index in [1.54, 1.807) is 13.8 Å². The summed E-state index contributed by atoms with van der Waals surface area (Å²) in [6.45, 7) is 3.38. The third-order valence-electron chi connectivity index (χ3n) is 2.10. The number of aromatic carboxylic acids is 1. The monoisotopic (exact) mass is 212 g/mol. The van der Waals surface area contributed by atoms with Crippen molar-refractivity contribution in [3.63, 3.8) is 0 Å². The molecule has 1 unspecified atom stereocenters. The van der Waals surface area contributed by atoms with Gasteiger partial charge in [-0.15, -0.1) is 0 Å². The van der Waals surface area contributed by atoms with Crippen molar-refractivity contribution >= 4 is 11.9 Å². The molecule has 1 rings (SSSR count). The number of carbonyl (C=O) groups is 2. The summed E-state index contributed by atoms with van der Waals surface area (Å²) >= 11 is 0. The Kier molecular flexibility index (Phi) is 3.14. The maximum Gasteiger partial charge on any atom is 0.371 e. The van der Waals surface area contributed by atoms with Crippen molar-refractivity contribution in [1.82, 2.24) is 0 Å². The van der Waals surface area contributed by atoms with Crippen LogP contribution in [-0.2, 0) is 4.79 Å². The van der Waals surface area contributed by atoms with Gasteiger partial charge in [-0.05, 0) is 18.6 Å². The average Bonchev–Trinajstić information content (AvgIpc) is 2.46. The highest BCUT2D eigenvalue weighted by Crippen LogP contribution is 2.25. The molecule has 15 heavy (non-hydrogen) atoms. The molecule has 1 aromatic rings. The molecule has 0 amide bonds. The number of carboxylic acids is 2. The lowest BCUT2D eigenvalue weighted by Crippen LogP contribution is -2.03. The van der Waals surface area contributed by atoms with Crippen molar-refractivity contribution in [3.8, 4) is 0 Å². The van der Waals surface area contributed by atoms with Crippen LogP contribution < -0.4 is 0 Å². The number of hydrogen-bond donors (Lipinski definition) is 2. The maximum atomic E-state index is 10.6. The maximum absolute atomic E-state index is 10.6. The van der Waals surface area contributed by atoms with Gasteiger partial charge in [0.2, 0.25) is 5.76 Å². The summed E-state index contributed by atoms with van der Waals surface area (Å²) in [4.78, 5) is 21.1. The standard InChI is InChI=1S/C10H12O5/c1-5-3-7(10(13)14)15-9(5)6(2)4-8(11)12/h3,6H,4H2,1-2H3,(H,11,12)(H,13,14). The van der Waals surface area contributed by atoms with Crippen LogP contribution in [0.4, 0.5) is 0 Å². The number of aryl methyl sites for hydroxylation is 1. The SMILES string of the molecule is Cc1cc(C(=O)O)oc1C(C)CC(=O)O. The molecule has 0 radical (unpaired) electrons. The lowest BCUT2D eigenvalue weighted by molar-refractivity contribution is -0.137. The van der Waals surface area contributed by atoms with Gasteiger partial charge in [0.25, 0.3) is 0 Å². The number of aliphatic carboxylic acids is 1. The molecule has 1 atom stereocenters. The van der Waals surface area contributed by atoms with Gasteiger partial charge in [-0.1, -0.05) is 6.92 Å². The van der Waals surface area contributed by atoms with Gasteiger partial charge in [0.05, 0.1) is 6.42 Å². The summed E-state index contributed by atoms with van der Waals surface area (Å²) in [5.41, 5.74) is 0.668. The van der Waals surface area contributed by atoms with Crippen LogP contribution in [-0.4, -0.2) is 22.2 Å². The van der Waals surface area contributed by atoms with E-state index in [4.69, 9.17) is 14.6 Å². The predicted molar refractivity (Wildman–Crippen MR) is 51.1 cm³/mol. The van der Waals surface area contributed by atoms with Crippen molar-refractivity contribution < 1.29 is 24.2 Å². The van der Waals surface area contributed by atoms with E-state index < -0.39 is 11.9 Å². The lowest BCUT2D eigenvalue weighted by Gasteiger charge is -2.05. The first-order chi connectivity index (χ1) is 6.91. The minimum Gasteiger partial charge on any atom is -0.481 e. The van der Waals surface area contributed by atoms with E-state index in [0.717, 1.165) is 0 Å². The molecule has 0 saturated heterocycles. The van der Waals surface area contributed by atoms with E-state index in [0.29, 0.717) is 11.3 Å². The van der Waals surface area contributed by atoms with Crippen molar-refractivity contribution in [3.05, 3.63) is 23.2 Å². The van der Waals surface area contributed by atoms with Gasteiger partial charge < -0.3 is 14.6 Å². The van der Waals surface area contributed by atoms with E-state index >= 15 is 0 Å². The van der Waals surface area contributed by atoms with E-state index in [1.807, 2.05) is 0 Å². The Balaban J connectivity index is 2.94. The number of furan rings is 1. The molecule has 0 fully saturated rings. The second kappa shape index (κ2) is 4.16. The van der Waals surface area contributed by atoms with Crippen LogP contribution in [0.15, 0.2) is 10.5 Å². The third kappa shape index (κ3) is 2.59. The zero-order chi connectivity index (χ0) is 11.6. The largest absolute Gasteiger partial charge is 0.481 e. The second-order valence-corrected chi connectivity index (χ2v) is 3.46. The minimum atomic E-state index is -1.15. The molecule has 82 valence electrons. The van der Waals surface area contributed by atoms with Crippen LogP contribution in [0.5, 0.6) is 0 Å². The molecular formula is C10H12O5. The van der Waals surface area contributed by atoms with Gasteiger partial charge in [0.15, 0.2) is 0 Å². The van der Waals surface area contributed by atoms with Gasteiger partial charge in [-0.25, -0.2) is 4.79 Å². The summed E-state index contributed by atoms with van der Waals surface area (Å²) < 4.78 is 5.08. The Morgan fingerprint density at radius 3 is 2.47 bits per heavy atom. The van der Waals surface area contributed by atoms with Crippen LogP contribution in [0.3, 0.4) is 0 Å². The van der Waals surface area contributed by atoms with Crippen molar-refractivity contribution in [2.45, 2.75) is 26.2 Å². The average molecular weight is 212 g/mol. The molecule has 2 N–H and O–H groups in total. The molecule has 1 aromatic heterocycles. The number of carboxylic acid groups (broad SMARTS) is 2. The molecule has 0 bridgehead atoms. The normalized spacial score (nSPS) is 12.4. The second-order valence-electron chi connectivity index (χ2n) is 3.46. The minimum absolute atomic E-state index is 0.0760. The Hall–Kier alpha value is -1.78. The van der Waals surface area contributed by atoms with Gasteiger partial charge in [0, 0.05) is 5.92 Å². The number of rotatable bonds is 4. The smallest absolute Gasteiger partial charge is 0.371 e. The summed E-state index contributed by atoms with van der Waals surface area (Å²) in [6.07, 6.45) is -0.0760. The molecule has 1 heterocycles. The highest BCUT2D eigenvalue weighted by molar-refractivity contribution is 5.84. The third-order valence-corrected chi connectivity index (χ3v) is 2.10. The first-order valence-corrected chi connectivity index (χ1v) is 4.47. The molecule has 5 heteroatoms. The molecule has 0 aromatic carbocycles. The molecule has 0 spiro atoms. The Labute approximate surface area is 86.3 Å². The van der Waals surface area contributed by atoms with E-state index in [1.165, 1.54) is 6.07 Å². The zero-order valence-corrected chi connectivity index (χ0v) is 8.48. The fourth-order valence-corrected chi connectivity index (χ4v) is 1.45. The number of hydrogen-bond acceptors (Lipinski definition) is 3. The van der Waals surface area contributed by atoms with Gasteiger partial charge in [0.1, 0.15) is 5.76 Å². The van der Waals surface area contributed by atoms with E-state index in [2.05, 4.69) is 0 Å². The molecule has 0 saturated carbocycles. The molecule has 0 aliphatic heterocycles. The fourth-order valence-electron chi connectivity index (χ4n) is 1.45. The topological polar surface area (TPSA) is 87.7 Å². The molecule has 0 aliphatic carbocycles. The summed E-state index contributed by atoms with van der Waals surface area (Å²) in [5, 5.41) is 17.3. The Morgan fingerprint density at radius 1 is 1.47 bits per heavy atom. The zero-order valence-electron chi connectivity index (χ0n) is 8.48. The van der Waals surface area contributed by atoms with Crippen molar-refractivity contribution in [1.29, 1.82) is 0 Å². The highest BCUT2D eigenvalue weighted by atomic mass is 16.4. The Bertz CT molecular complexity index is 391. The summed E-state index contributed by atoms with van der Waals surface area (Å²) in [6, 6.07) is 1.40. The quantitative estimate of drug-likeness (QED) is 0.795. The van der Waals surface area contributed by atoms with E-state index in [-0.39, 0.29) is 18.1 Å². The van der Waals surface area contributed by atoms with Gasteiger partial charge in [-0.2, -0.15) is 0 Å². The van der Waals surface area contributed by atoms with Crippen molar-refractivity contribution in [2.75, 3.05) is 0 Å². The molecule has 5 nitrogen and oxygen atoms in total. The summed E-state index contributed by atoms with van der Waals surface area (Å²) in [7, 11) is 0. The molecular weight excluding hydrogens is 200 g/mol. The first kappa shape index (κ1) is 11.3. The predicted octanol–water partition coefficient (Wildman–Crippen LogP) is 1.86. The van der Waals surface area contributed by atoms with Gasteiger partial charge >= 0.3 is 11.9 Å². The van der Waals surface area contributed by atoms with Crippen molar-refractivity contribution in [2.24, 2.45) is 0 Å². The van der Waals surface area contributed by atoms with Crippen LogP contribution in [0.1, 0.15) is 41.1 Å². The van der Waals surface area contributed by atoms with Crippen LogP contribution in [0.25, 0.3) is 0 Å². The Morgan fingerprint density at radius 2 is 2.07 bits per heavy atom. The van der Waals surface area contributed by atoms with Crippen LogP contribution >= 0.6 is 0 Å². The lowest BCUT2D eigenvalue weighted by atomic mass is 10.0. The first-order valence-electron chi connectivity index (χ1n) is 4.47. The van der Waals surface area contributed by atoms with Crippen LogP contribution in [0.2, 0.25) is 0 Å². The van der Waals surface area contributed by atoms with Crippen LogP contribution in [0, 0.1) is 6.92 Å². The van der Waals surface area contributed by atoms with Gasteiger partial charge in [-0.3, -0.25) is 4.79 Å². The molecule has 0 aliphatic rings. The fraction of sp³-hybridized carbons (Fsp3) is 0.400. The highest BCUT2D eigenvalue weighted by Gasteiger charge is 2.19.